The molecule has 1 saturated heterocycles. The Labute approximate surface area is 186 Å². The number of rotatable bonds is 6. The predicted molar refractivity (Wildman–Crippen MR) is 120 cm³/mol. The summed E-state index contributed by atoms with van der Waals surface area (Å²) in [6.07, 6.45) is 1.58. The average Bonchev–Trinajstić information content (AvgIpc) is 3.17. The van der Waals surface area contributed by atoms with Crippen LogP contribution in [0.1, 0.15) is 16.7 Å². The standard InChI is InChI=1S/C25H24N2O5/c1-4-13-26-19-8-6-5-7-18(19)25(24(26)31)20(21(28)17-11-9-16(2)10-12-17)22(29)23(30)27(25)14-15-32-3/h4-12,28H,1,13-15H2,2-3H3. The summed E-state index contributed by atoms with van der Waals surface area (Å²) >= 11 is 0. The third-order valence-electron chi connectivity index (χ3n) is 5.96. The van der Waals surface area contributed by atoms with E-state index in [1.165, 1.54) is 16.9 Å². The van der Waals surface area contributed by atoms with Gasteiger partial charge in [-0.2, -0.15) is 0 Å². The number of carbonyl (C=O) groups excluding carboxylic acids is 3. The van der Waals surface area contributed by atoms with Crippen LogP contribution in [0.5, 0.6) is 0 Å². The average molecular weight is 432 g/mol. The molecule has 7 nitrogen and oxygen atoms in total. The van der Waals surface area contributed by atoms with Crippen LogP contribution in [0.4, 0.5) is 5.69 Å². The predicted octanol–water partition coefficient (Wildman–Crippen LogP) is 2.75. The molecule has 0 aliphatic carbocycles. The minimum Gasteiger partial charge on any atom is -0.507 e. The number of carbonyl (C=O) groups is 3. The number of benzene rings is 2. The number of para-hydroxylation sites is 1. The molecule has 164 valence electrons. The number of anilines is 1. The van der Waals surface area contributed by atoms with Crippen molar-refractivity contribution in [1.29, 1.82) is 0 Å². The van der Waals surface area contributed by atoms with Gasteiger partial charge in [-0.25, -0.2) is 0 Å². The van der Waals surface area contributed by atoms with Gasteiger partial charge in [0.15, 0.2) is 5.54 Å². The molecule has 2 aliphatic rings. The fourth-order valence-corrected chi connectivity index (χ4v) is 4.52. The number of ketones is 1. The van der Waals surface area contributed by atoms with Crippen molar-refractivity contribution in [2.45, 2.75) is 12.5 Å². The molecule has 1 fully saturated rings. The first-order chi connectivity index (χ1) is 15.4. The molecule has 0 saturated carbocycles. The molecule has 2 aromatic carbocycles. The molecule has 0 aromatic heterocycles. The second kappa shape index (κ2) is 8.09. The lowest BCUT2D eigenvalue weighted by Crippen LogP contribution is -2.52. The molecule has 32 heavy (non-hydrogen) atoms. The van der Waals surface area contributed by atoms with Crippen LogP contribution >= 0.6 is 0 Å². The topological polar surface area (TPSA) is 87.2 Å². The number of Topliss-reactive ketones (excluding diaryl/α,β-unsaturated/α-hetero) is 1. The van der Waals surface area contributed by atoms with Crippen LogP contribution in [0.3, 0.4) is 0 Å². The van der Waals surface area contributed by atoms with Gasteiger partial charge in [0, 0.05) is 31.3 Å². The van der Waals surface area contributed by atoms with Crippen LogP contribution in [-0.2, 0) is 24.7 Å². The highest BCUT2D eigenvalue weighted by atomic mass is 16.5. The molecule has 2 aromatic rings. The van der Waals surface area contributed by atoms with Gasteiger partial charge in [0.05, 0.1) is 17.9 Å². The maximum absolute atomic E-state index is 14.0. The summed E-state index contributed by atoms with van der Waals surface area (Å²) in [6.45, 7) is 5.95. The molecular weight excluding hydrogens is 408 g/mol. The molecule has 1 atom stereocenters. The third kappa shape index (κ3) is 2.89. The molecule has 1 unspecified atom stereocenters. The molecule has 0 bridgehead atoms. The van der Waals surface area contributed by atoms with E-state index < -0.39 is 23.1 Å². The Morgan fingerprint density at radius 2 is 1.81 bits per heavy atom. The van der Waals surface area contributed by atoms with E-state index in [2.05, 4.69) is 6.58 Å². The normalized spacial score (nSPS) is 21.5. The summed E-state index contributed by atoms with van der Waals surface area (Å²) in [5, 5.41) is 11.3. The van der Waals surface area contributed by atoms with Gasteiger partial charge in [0.1, 0.15) is 5.76 Å². The maximum Gasteiger partial charge on any atom is 0.296 e. The number of aliphatic hydroxyl groups excluding tert-OH is 1. The van der Waals surface area contributed by atoms with Crippen molar-refractivity contribution in [2.24, 2.45) is 0 Å². The highest BCUT2D eigenvalue weighted by Gasteiger charge is 2.66. The summed E-state index contributed by atoms with van der Waals surface area (Å²) in [5.74, 6) is -2.61. The third-order valence-corrected chi connectivity index (χ3v) is 5.96. The summed E-state index contributed by atoms with van der Waals surface area (Å²) in [6, 6.07) is 13.9. The molecule has 1 spiro atoms. The first kappa shape index (κ1) is 21.5. The van der Waals surface area contributed by atoms with E-state index in [9.17, 15) is 19.5 Å². The quantitative estimate of drug-likeness (QED) is 0.328. The van der Waals surface area contributed by atoms with E-state index in [1.54, 1.807) is 54.6 Å². The van der Waals surface area contributed by atoms with Gasteiger partial charge in [0.25, 0.3) is 17.6 Å². The van der Waals surface area contributed by atoms with Gasteiger partial charge in [0.2, 0.25) is 0 Å². The second-order valence-electron chi connectivity index (χ2n) is 7.80. The highest BCUT2D eigenvalue weighted by Crippen LogP contribution is 2.53. The first-order valence-electron chi connectivity index (χ1n) is 10.3. The van der Waals surface area contributed by atoms with Crippen LogP contribution in [0.2, 0.25) is 0 Å². The van der Waals surface area contributed by atoms with Gasteiger partial charge in [-0.05, 0) is 13.0 Å². The van der Waals surface area contributed by atoms with Crippen molar-refractivity contribution in [1.82, 2.24) is 4.90 Å². The number of ether oxygens (including phenoxy) is 1. The van der Waals surface area contributed by atoms with Gasteiger partial charge < -0.3 is 19.6 Å². The minimum atomic E-state index is -1.78. The van der Waals surface area contributed by atoms with Crippen LogP contribution in [0, 0.1) is 6.92 Å². The minimum absolute atomic E-state index is 0.00769. The molecule has 2 heterocycles. The number of hydrogen-bond donors (Lipinski definition) is 1. The van der Waals surface area contributed by atoms with Crippen molar-refractivity contribution in [2.75, 3.05) is 31.7 Å². The molecule has 2 aliphatic heterocycles. The van der Waals surface area contributed by atoms with Gasteiger partial charge >= 0.3 is 0 Å². The fourth-order valence-electron chi connectivity index (χ4n) is 4.52. The fraction of sp³-hybridized carbons (Fsp3) is 0.240. The zero-order valence-corrected chi connectivity index (χ0v) is 18.0. The van der Waals surface area contributed by atoms with E-state index >= 15 is 0 Å². The Bertz CT molecular complexity index is 1150. The second-order valence-corrected chi connectivity index (χ2v) is 7.80. The van der Waals surface area contributed by atoms with Crippen LogP contribution in [0.25, 0.3) is 5.76 Å². The van der Waals surface area contributed by atoms with E-state index in [-0.39, 0.29) is 31.0 Å². The maximum atomic E-state index is 14.0. The Balaban J connectivity index is 2.06. The Morgan fingerprint density at radius 1 is 1.12 bits per heavy atom. The Kier molecular flexibility index (Phi) is 5.44. The van der Waals surface area contributed by atoms with Crippen molar-refractivity contribution in [3.8, 4) is 0 Å². The van der Waals surface area contributed by atoms with E-state index in [4.69, 9.17) is 4.74 Å². The van der Waals surface area contributed by atoms with Crippen LogP contribution in [0.15, 0.2) is 66.8 Å². The van der Waals surface area contributed by atoms with Crippen LogP contribution < -0.4 is 4.90 Å². The summed E-state index contributed by atoms with van der Waals surface area (Å²) in [4.78, 5) is 43.2. The molecule has 2 amide bonds. The lowest BCUT2D eigenvalue weighted by atomic mass is 9.82. The van der Waals surface area contributed by atoms with Gasteiger partial charge in [-0.3, -0.25) is 14.4 Å². The summed E-state index contributed by atoms with van der Waals surface area (Å²) in [7, 11) is 1.48. The number of aliphatic hydroxyl groups is 1. The SMILES string of the molecule is C=CCN1C(=O)C2(C(=C(O)c3ccc(C)cc3)C(=O)C(=O)N2CCOC)c2ccccc21. The Morgan fingerprint density at radius 3 is 2.47 bits per heavy atom. The smallest absolute Gasteiger partial charge is 0.296 e. The largest absolute Gasteiger partial charge is 0.507 e. The van der Waals surface area contributed by atoms with E-state index in [0.29, 0.717) is 16.8 Å². The molecular formula is C25H24N2O5. The van der Waals surface area contributed by atoms with Crippen molar-refractivity contribution in [3.05, 3.63) is 83.4 Å². The molecule has 7 heteroatoms. The highest BCUT2D eigenvalue weighted by molar-refractivity contribution is 6.50. The van der Waals surface area contributed by atoms with Crippen LogP contribution in [-0.4, -0.2) is 54.4 Å². The lowest BCUT2D eigenvalue weighted by molar-refractivity contribution is -0.144. The molecule has 1 N–H and O–H groups in total. The van der Waals surface area contributed by atoms with Gasteiger partial charge in [-0.15, -0.1) is 6.58 Å². The van der Waals surface area contributed by atoms with Crippen molar-refractivity contribution >= 4 is 29.0 Å². The summed E-state index contributed by atoms with van der Waals surface area (Å²) < 4.78 is 5.16. The van der Waals surface area contributed by atoms with Crippen molar-refractivity contribution in [3.63, 3.8) is 0 Å². The zero-order valence-electron chi connectivity index (χ0n) is 18.0. The number of amides is 2. The zero-order chi connectivity index (χ0) is 23.0. The monoisotopic (exact) mass is 432 g/mol. The summed E-state index contributed by atoms with van der Waals surface area (Å²) in [5.41, 5.74) is 0.351. The Hall–Kier alpha value is -3.71. The van der Waals surface area contributed by atoms with E-state index in [1.807, 2.05) is 6.92 Å². The first-order valence-corrected chi connectivity index (χ1v) is 10.3. The number of likely N-dealkylation sites (tertiary alicyclic amines) is 1. The molecule has 0 radical (unpaired) electrons. The van der Waals surface area contributed by atoms with E-state index in [0.717, 1.165) is 5.56 Å². The lowest BCUT2D eigenvalue weighted by Gasteiger charge is -2.34. The number of aryl methyl sites for hydroxylation is 1. The number of methoxy groups -OCH3 is 1. The number of hydrogen-bond acceptors (Lipinski definition) is 5. The number of nitrogens with zero attached hydrogens (tertiary/aromatic N) is 2. The molecule has 4 rings (SSSR count). The van der Waals surface area contributed by atoms with Crippen molar-refractivity contribution < 1.29 is 24.2 Å². The number of fused-ring (bicyclic) bond motifs is 2. The van der Waals surface area contributed by atoms with Gasteiger partial charge in [-0.1, -0.05) is 54.1 Å².